The van der Waals surface area contributed by atoms with Crippen LogP contribution in [0.1, 0.15) is 206 Å². The summed E-state index contributed by atoms with van der Waals surface area (Å²) in [4.78, 5) is 22.7. The van der Waals surface area contributed by atoms with Crippen LogP contribution in [-0.4, -0.2) is 59.0 Å². The average Bonchev–Trinajstić information content (AvgIpc) is 3.10. The minimum Gasteiger partial charge on any atom is -0.393 e. The number of aliphatic hydroxyl groups excluding tert-OH is 2. The van der Waals surface area contributed by atoms with Gasteiger partial charge in [-0.2, -0.15) is 0 Å². The number of hydrogen-bond donors (Lipinski definition) is 5. The number of hydrogen-bond acceptors (Lipinski definition) is 7. The van der Waals surface area contributed by atoms with E-state index in [4.69, 9.17) is 14.8 Å². The highest BCUT2D eigenvalue weighted by Gasteiger charge is 2.28. The number of rotatable bonds is 40. The normalized spacial score (nSPS) is 14.9. The van der Waals surface area contributed by atoms with E-state index in [0.717, 1.165) is 44.9 Å². The van der Waals surface area contributed by atoms with E-state index in [2.05, 4.69) is 31.3 Å². The van der Waals surface area contributed by atoms with E-state index >= 15 is 0 Å². The number of phosphoric ester groups is 1. The van der Waals surface area contributed by atoms with Gasteiger partial charge in [-0.1, -0.05) is 174 Å². The predicted octanol–water partition coefficient (Wildman–Crippen LogP) is 10.6. The highest BCUT2D eigenvalue weighted by Crippen LogP contribution is 2.43. The maximum Gasteiger partial charge on any atom is 0.472 e. The van der Waals surface area contributed by atoms with Crippen LogP contribution < -0.4 is 11.1 Å². The molecule has 0 rings (SSSR count). The van der Waals surface area contributed by atoms with Crippen molar-refractivity contribution >= 4 is 13.7 Å². The van der Waals surface area contributed by atoms with Gasteiger partial charge in [0.15, 0.2) is 0 Å². The minimum absolute atomic E-state index is 0.0600. The molecule has 51 heavy (non-hydrogen) atoms. The maximum atomic E-state index is 12.8. The molecule has 0 aromatic rings. The van der Waals surface area contributed by atoms with Crippen molar-refractivity contribution in [3.05, 3.63) is 12.2 Å². The lowest BCUT2D eigenvalue weighted by atomic mass is 10.0. The van der Waals surface area contributed by atoms with Crippen molar-refractivity contribution in [1.29, 1.82) is 0 Å². The molecule has 0 radical (unpaired) electrons. The first-order chi connectivity index (χ1) is 24.8. The molecule has 0 saturated heterocycles. The third-order valence-electron chi connectivity index (χ3n) is 9.67. The molecule has 9 nitrogen and oxygen atoms in total. The molecule has 0 aromatic carbocycles. The molecule has 4 atom stereocenters. The van der Waals surface area contributed by atoms with Crippen LogP contribution in [0.15, 0.2) is 12.2 Å². The minimum atomic E-state index is -4.37. The van der Waals surface area contributed by atoms with Crippen LogP contribution in [0.25, 0.3) is 0 Å². The molecule has 0 bridgehead atoms. The van der Waals surface area contributed by atoms with Crippen LogP contribution in [0, 0.1) is 0 Å². The quantitative estimate of drug-likeness (QED) is 0.0236. The summed E-state index contributed by atoms with van der Waals surface area (Å²) in [6.07, 6.45) is 36.8. The number of aliphatic hydroxyl groups is 2. The van der Waals surface area contributed by atoms with E-state index < -0.39 is 32.0 Å². The molecule has 0 spiro atoms. The Morgan fingerprint density at radius 3 is 1.53 bits per heavy atom. The number of unbranched alkanes of at least 4 members (excludes halogenated alkanes) is 24. The van der Waals surface area contributed by atoms with Crippen molar-refractivity contribution in [1.82, 2.24) is 5.32 Å². The Morgan fingerprint density at radius 1 is 0.647 bits per heavy atom. The van der Waals surface area contributed by atoms with Gasteiger partial charge in [0.05, 0.1) is 37.9 Å². The SMILES string of the molecule is CCCCCC/C=C\CCCCCCCC(O)CC(=O)NC(COP(=O)(O)OCCN)C(O)CCCCCCCCCCCCCCCCCC. The third kappa shape index (κ3) is 36.0. The van der Waals surface area contributed by atoms with Gasteiger partial charge in [0, 0.05) is 6.54 Å². The lowest BCUT2D eigenvalue weighted by Crippen LogP contribution is -2.47. The first kappa shape index (κ1) is 50.2. The number of allylic oxidation sites excluding steroid dienone is 2. The van der Waals surface area contributed by atoms with E-state index in [1.54, 1.807) is 0 Å². The van der Waals surface area contributed by atoms with Crippen LogP contribution in [0.5, 0.6) is 0 Å². The Labute approximate surface area is 314 Å². The Kier molecular flexibility index (Phi) is 36.9. The zero-order chi connectivity index (χ0) is 37.7. The molecule has 0 heterocycles. The second-order valence-electron chi connectivity index (χ2n) is 14.7. The zero-order valence-corrected chi connectivity index (χ0v) is 34.1. The van der Waals surface area contributed by atoms with Crippen molar-refractivity contribution in [2.75, 3.05) is 19.8 Å². The van der Waals surface area contributed by atoms with Gasteiger partial charge in [0.2, 0.25) is 5.91 Å². The summed E-state index contributed by atoms with van der Waals surface area (Å²) in [5, 5.41) is 24.1. The number of carbonyl (C=O) groups excluding carboxylic acids is 1. The van der Waals surface area contributed by atoms with Crippen molar-refractivity contribution in [2.24, 2.45) is 5.73 Å². The first-order valence-corrected chi connectivity index (χ1v) is 22.9. The molecular formula is C41H83N2O7P. The van der Waals surface area contributed by atoms with Gasteiger partial charge in [-0.3, -0.25) is 13.8 Å². The van der Waals surface area contributed by atoms with Crippen molar-refractivity contribution < 1.29 is 33.5 Å². The number of amides is 1. The lowest BCUT2D eigenvalue weighted by Gasteiger charge is -2.25. The van der Waals surface area contributed by atoms with Crippen LogP contribution in [0.3, 0.4) is 0 Å². The first-order valence-electron chi connectivity index (χ1n) is 21.4. The summed E-state index contributed by atoms with van der Waals surface area (Å²) in [6, 6.07) is -0.895. The molecule has 6 N–H and O–H groups in total. The summed E-state index contributed by atoms with van der Waals surface area (Å²) in [7, 11) is -4.37. The molecule has 304 valence electrons. The van der Waals surface area contributed by atoms with E-state index in [0.29, 0.717) is 12.8 Å². The van der Waals surface area contributed by atoms with Crippen LogP contribution >= 0.6 is 7.82 Å². The highest BCUT2D eigenvalue weighted by molar-refractivity contribution is 7.47. The molecule has 0 fully saturated rings. The van der Waals surface area contributed by atoms with Gasteiger partial charge in [-0.25, -0.2) is 4.57 Å². The van der Waals surface area contributed by atoms with Gasteiger partial charge < -0.3 is 26.2 Å². The van der Waals surface area contributed by atoms with E-state index in [-0.39, 0.29) is 26.2 Å². The summed E-state index contributed by atoms with van der Waals surface area (Å²) in [5.41, 5.74) is 5.36. The summed E-state index contributed by atoms with van der Waals surface area (Å²) >= 11 is 0. The smallest absolute Gasteiger partial charge is 0.393 e. The topological polar surface area (TPSA) is 151 Å². The van der Waals surface area contributed by atoms with Crippen LogP contribution in [0.2, 0.25) is 0 Å². The summed E-state index contributed by atoms with van der Waals surface area (Å²) in [5.74, 6) is -0.417. The lowest BCUT2D eigenvalue weighted by molar-refractivity contribution is -0.125. The van der Waals surface area contributed by atoms with E-state index in [9.17, 15) is 24.5 Å². The second kappa shape index (κ2) is 37.5. The van der Waals surface area contributed by atoms with Gasteiger partial charge in [0.25, 0.3) is 0 Å². The third-order valence-corrected chi connectivity index (χ3v) is 10.7. The van der Waals surface area contributed by atoms with E-state index in [1.165, 1.54) is 128 Å². The zero-order valence-electron chi connectivity index (χ0n) is 33.2. The van der Waals surface area contributed by atoms with Gasteiger partial charge in [-0.15, -0.1) is 0 Å². The molecule has 0 saturated carbocycles. The van der Waals surface area contributed by atoms with Gasteiger partial charge in [-0.05, 0) is 38.5 Å². The average molecular weight is 747 g/mol. The van der Waals surface area contributed by atoms with E-state index in [1.807, 2.05) is 0 Å². The number of nitrogens with one attached hydrogen (secondary N) is 1. The number of carbonyl (C=O) groups is 1. The fraction of sp³-hybridized carbons (Fsp3) is 0.927. The molecule has 10 heteroatoms. The molecule has 0 aliphatic heterocycles. The summed E-state index contributed by atoms with van der Waals surface area (Å²) in [6.45, 7) is 4.03. The van der Waals surface area contributed by atoms with Crippen molar-refractivity contribution in [2.45, 2.75) is 225 Å². The molecule has 1 amide bonds. The highest BCUT2D eigenvalue weighted by atomic mass is 31.2. The van der Waals surface area contributed by atoms with Crippen molar-refractivity contribution in [3.63, 3.8) is 0 Å². The Bertz CT molecular complexity index is 832. The maximum absolute atomic E-state index is 12.8. The largest absolute Gasteiger partial charge is 0.472 e. The van der Waals surface area contributed by atoms with Crippen LogP contribution in [0.4, 0.5) is 0 Å². The number of nitrogens with two attached hydrogens (primary N) is 1. The van der Waals surface area contributed by atoms with Gasteiger partial charge >= 0.3 is 7.82 Å². The molecule has 0 aliphatic rings. The second-order valence-corrected chi connectivity index (χ2v) is 16.2. The molecular weight excluding hydrogens is 663 g/mol. The fourth-order valence-corrected chi connectivity index (χ4v) is 7.17. The number of phosphoric acid groups is 1. The fourth-order valence-electron chi connectivity index (χ4n) is 6.41. The standard InChI is InChI=1S/C41H83N2O7P/c1-3-5-7-9-11-13-15-17-18-19-21-23-25-27-29-31-33-40(45)39(37-50-51(47,48)49-35-34-42)43-41(46)36-38(44)32-30-28-26-24-22-20-16-14-12-10-8-6-4-2/h14,16,38-40,44-45H,3-13,15,17-37,42H2,1-2H3,(H,43,46)(H,47,48)/b16-14-. The van der Waals surface area contributed by atoms with Crippen LogP contribution in [-0.2, 0) is 18.4 Å². The predicted molar refractivity (Wildman–Crippen MR) is 214 cm³/mol. The van der Waals surface area contributed by atoms with Crippen molar-refractivity contribution in [3.8, 4) is 0 Å². The van der Waals surface area contributed by atoms with Gasteiger partial charge in [0.1, 0.15) is 0 Å². The monoisotopic (exact) mass is 747 g/mol. The molecule has 0 aromatic heterocycles. The summed E-state index contributed by atoms with van der Waals surface area (Å²) < 4.78 is 22.1. The Hall–Kier alpha value is -0.800. The Balaban J connectivity index is 4.29. The molecule has 0 aliphatic carbocycles. The molecule has 4 unspecified atom stereocenters. The Morgan fingerprint density at radius 2 is 1.06 bits per heavy atom.